The molecule has 108 valence electrons. The average Bonchev–Trinajstić information content (AvgIpc) is 2.90. The van der Waals surface area contributed by atoms with Gasteiger partial charge in [-0.1, -0.05) is 21.1 Å². The largest absolute Gasteiger partial charge is 0.379 e. The fraction of sp³-hybridized carbons (Fsp3) is 0.429. The summed E-state index contributed by atoms with van der Waals surface area (Å²) in [5, 5.41) is 3.97. The smallest absolute Gasteiger partial charge is 0.258 e. The normalized spacial score (nSPS) is 14.2. The number of ether oxygens (including phenoxy) is 1. The van der Waals surface area contributed by atoms with E-state index in [1.165, 1.54) is 0 Å². The van der Waals surface area contributed by atoms with Crippen molar-refractivity contribution in [2.24, 2.45) is 5.73 Å². The number of aromatic nitrogens is 2. The van der Waals surface area contributed by atoms with Crippen molar-refractivity contribution in [3.63, 3.8) is 0 Å². The number of rotatable bonds is 5. The zero-order valence-electron chi connectivity index (χ0n) is 11.8. The van der Waals surface area contributed by atoms with Crippen LogP contribution < -0.4 is 5.73 Å². The van der Waals surface area contributed by atoms with Gasteiger partial charge in [-0.15, -0.1) is 0 Å². The fourth-order valence-electron chi connectivity index (χ4n) is 1.73. The van der Waals surface area contributed by atoms with Gasteiger partial charge in [0.25, 0.3) is 5.89 Å². The van der Waals surface area contributed by atoms with Gasteiger partial charge >= 0.3 is 0 Å². The standard InChI is InChI=1S/C14H18BrN3O2/c1-4-19-8-14(3,16)13-17-12(20-18-13)10-5-6-11(15)9(2)7-10/h5-7H,4,8,16H2,1-3H3. The Labute approximate surface area is 126 Å². The first-order valence-electron chi connectivity index (χ1n) is 6.41. The van der Waals surface area contributed by atoms with Crippen LogP contribution in [0.15, 0.2) is 27.2 Å². The van der Waals surface area contributed by atoms with E-state index in [1.54, 1.807) is 0 Å². The molecule has 1 unspecified atom stereocenters. The highest BCUT2D eigenvalue weighted by Crippen LogP contribution is 2.25. The van der Waals surface area contributed by atoms with Crippen molar-refractivity contribution in [1.29, 1.82) is 0 Å². The summed E-state index contributed by atoms with van der Waals surface area (Å²) in [4.78, 5) is 4.38. The Morgan fingerprint density at radius 2 is 2.20 bits per heavy atom. The van der Waals surface area contributed by atoms with Gasteiger partial charge in [0.05, 0.1) is 6.61 Å². The average molecular weight is 340 g/mol. The molecular formula is C14H18BrN3O2. The van der Waals surface area contributed by atoms with E-state index in [-0.39, 0.29) is 0 Å². The Kier molecular flexibility index (Phi) is 4.57. The highest BCUT2D eigenvalue weighted by molar-refractivity contribution is 9.10. The van der Waals surface area contributed by atoms with E-state index in [4.69, 9.17) is 15.0 Å². The molecule has 1 aromatic heterocycles. The van der Waals surface area contributed by atoms with Crippen LogP contribution >= 0.6 is 15.9 Å². The fourth-order valence-corrected chi connectivity index (χ4v) is 1.98. The third kappa shape index (κ3) is 3.26. The monoisotopic (exact) mass is 339 g/mol. The van der Waals surface area contributed by atoms with E-state index in [2.05, 4.69) is 26.1 Å². The lowest BCUT2D eigenvalue weighted by atomic mass is 10.1. The minimum Gasteiger partial charge on any atom is -0.379 e. The SMILES string of the molecule is CCOCC(C)(N)c1noc(-c2ccc(Br)c(C)c2)n1. The molecular weight excluding hydrogens is 322 g/mol. The third-order valence-corrected chi connectivity index (χ3v) is 3.84. The van der Waals surface area contributed by atoms with Crippen LogP contribution in [0.4, 0.5) is 0 Å². The molecule has 1 aromatic carbocycles. The Bertz CT molecular complexity index is 596. The van der Waals surface area contributed by atoms with Crippen LogP contribution in [0.2, 0.25) is 0 Å². The predicted molar refractivity (Wildman–Crippen MR) is 80.2 cm³/mol. The van der Waals surface area contributed by atoms with Gasteiger partial charge in [-0.3, -0.25) is 0 Å². The van der Waals surface area contributed by atoms with Crippen LogP contribution in [-0.2, 0) is 10.3 Å². The van der Waals surface area contributed by atoms with Gasteiger partial charge in [0.15, 0.2) is 5.82 Å². The Morgan fingerprint density at radius 3 is 2.85 bits per heavy atom. The molecule has 2 rings (SSSR count). The summed E-state index contributed by atoms with van der Waals surface area (Å²) in [5.74, 6) is 0.908. The molecule has 6 heteroatoms. The maximum Gasteiger partial charge on any atom is 0.258 e. The molecule has 0 aliphatic heterocycles. The molecule has 0 bridgehead atoms. The Morgan fingerprint density at radius 1 is 1.45 bits per heavy atom. The molecule has 20 heavy (non-hydrogen) atoms. The summed E-state index contributed by atoms with van der Waals surface area (Å²) in [6, 6.07) is 5.86. The molecule has 0 spiro atoms. The van der Waals surface area contributed by atoms with E-state index >= 15 is 0 Å². The van der Waals surface area contributed by atoms with E-state index in [9.17, 15) is 0 Å². The lowest BCUT2D eigenvalue weighted by Crippen LogP contribution is -2.39. The van der Waals surface area contributed by atoms with E-state index in [1.807, 2.05) is 39.0 Å². The minimum atomic E-state index is -0.762. The number of hydrogen-bond acceptors (Lipinski definition) is 5. The minimum absolute atomic E-state index is 0.349. The summed E-state index contributed by atoms with van der Waals surface area (Å²) >= 11 is 3.46. The van der Waals surface area contributed by atoms with E-state index < -0.39 is 5.54 Å². The van der Waals surface area contributed by atoms with Crippen molar-refractivity contribution < 1.29 is 9.26 Å². The second-order valence-corrected chi connectivity index (χ2v) is 5.80. The van der Waals surface area contributed by atoms with Crippen molar-refractivity contribution in [1.82, 2.24) is 10.1 Å². The highest BCUT2D eigenvalue weighted by Gasteiger charge is 2.28. The first kappa shape index (κ1) is 15.2. The Hall–Kier alpha value is -1.24. The zero-order valence-corrected chi connectivity index (χ0v) is 13.4. The van der Waals surface area contributed by atoms with Gasteiger partial charge in [-0.25, -0.2) is 0 Å². The van der Waals surface area contributed by atoms with Crippen molar-refractivity contribution in [2.45, 2.75) is 26.3 Å². The summed E-state index contributed by atoms with van der Waals surface area (Å²) in [6.45, 7) is 6.70. The number of nitrogens with two attached hydrogens (primary N) is 1. The summed E-state index contributed by atoms with van der Waals surface area (Å²) < 4.78 is 11.7. The maximum absolute atomic E-state index is 6.15. The second-order valence-electron chi connectivity index (χ2n) is 4.94. The van der Waals surface area contributed by atoms with Crippen molar-refractivity contribution in [3.8, 4) is 11.5 Å². The molecule has 0 radical (unpaired) electrons. The van der Waals surface area contributed by atoms with Crippen LogP contribution in [-0.4, -0.2) is 23.4 Å². The van der Waals surface area contributed by atoms with Gasteiger partial charge < -0.3 is 15.0 Å². The first-order chi connectivity index (χ1) is 9.44. The van der Waals surface area contributed by atoms with Gasteiger partial charge in [0.2, 0.25) is 0 Å². The molecule has 0 aliphatic carbocycles. The lowest BCUT2D eigenvalue weighted by molar-refractivity contribution is 0.0962. The van der Waals surface area contributed by atoms with Gasteiger partial charge in [0.1, 0.15) is 5.54 Å². The second kappa shape index (κ2) is 6.03. The molecule has 5 nitrogen and oxygen atoms in total. The predicted octanol–water partition coefficient (Wildman–Crippen LogP) is 3.02. The molecule has 2 aromatic rings. The topological polar surface area (TPSA) is 74.2 Å². The maximum atomic E-state index is 6.15. The molecule has 2 N–H and O–H groups in total. The molecule has 0 saturated carbocycles. The van der Waals surface area contributed by atoms with Gasteiger partial charge in [0, 0.05) is 16.6 Å². The summed E-state index contributed by atoms with van der Waals surface area (Å²) in [5.41, 5.74) is 7.37. The molecule has 0 aliphatic rings. The molecule has 0 saturated heterocycles. The summed E-state index contributed by atoms with van der Waals surface area (Å²) in [7, 11) is 0. The molecule has 0 fully saturated rings. The van der Waals surface area contributed by atoms with Crippen molar-refractivity contribution in [2.75, 3.05) is 13.2 Å². The van der Waals surface area contributed by atoms with E-state index in [0.717, 1.165) is 15.6 Å². The number of benzene rings is 1. The molecule has 0 amide bonds. The first-order valence-corrected chi connectivity index (χ1v) is 7.20. The number of nitrogens with zero attached hydrogens (tertiary/aromatic N) is 2. The summed E-state index contributed by atoms with van der Waals surface area (Å²) in [6.07, 6.45) is 0. The lowest BCUT2D eigenvalue weighted by Gasteiger charge is -2.19. The van der Waals surface area contributed by atoms with E-state index in [0.29, 0.717) is 24.9 Å². The number of halogens is 1. The number of aryl methyl sites for hydroxylation is 1. The van der Waals surface area contributed by atoms with Crippen molar-refractivity contribution in [3.05, 3.63) is 34.1 Å². The molecule has 1 heterocycles. The highest BCUT2D eigenvalue weighted by atomic mass is 79.9. The van der Waals surface area contributed by atoms with Crippen LogP contribution in [0.5, 0.6) is 0 Å². The quantitative estimate of drug-likeness (QED) is 0.906. The number of hydrogen-bond donors (Lipinski definition) is 1. The molecule has 1 atom stereocenters. The van der Waals surface area contributed by atoms with Crippen LogP contribution in [0, 0.1) is 6.92 Å². The third-order valence-electron chi connectivity index (χ3n) is 2.95. The van der Waals surface area contributed by atoms with Crippen LogP contribution in [0.3, 0.4) is 0 Å². The van der Waals surface area contributed by atoms with Crippen LogP contribution in [0.25, 0.3) is 11.5 Å². The van der Waals surface area contributed by atoms with Gasteiger partial charge in [-0.2, -0.15) is 4.98 Å². The van der Waals surface area contributed by atoms with Crippen LogP contribution in [0.1, 0.15) is 25.2 Å². The van der Waals surface area contributed by atoms with Gasteiger partial charge in [-0.05, 0) is 44.5 Å². The Balaban J connectivity index is 2.26. The van der Waals surface area contributed by atoms with Crippen molar-refractivity contribution >= 4 is 15.9 Å². The zero-order chi connectivity index (χ0) is 14.8.